The third-order valence-electron chi connectivity index (χ3n) is 4.76. The van der Waals surface area contributed by atoms with Gasteiger partial charge in [-0.3, -0.25) is 4.79 Å². The number of amides is 1. The number of para-hydroxylation sites is 1. The molecule has 2 aromatic rings. The average Bonchev–Trinajstić information content (AvgIpc) is 3.24. The summed E-state index contributed by atoms with van der Waals surface area (Å²) in [4.78, 5) is 16.7. The molecule has 6 nitrogen and oxygen atoms in total. The van der Waals surface area contributed by atoms with Gasteiger partial charge in [0.1, 0.15) is 5.82 Å². The quantitative estimate of drug-likeness (QED) is 0.812. The second-order valence-electron chi connectivity index (χ2n) is 7.01. The maximum Gasteiger partial charge on any atom is 0.290 e. The highest BCUT2D eigenvalue weighted by Crippen LogP contribution is 2.23. The molecule has 0 aliphatic carbocycles. The van der Waals surface area contributed by atoms with Crippen LogP contribution in [0.5, 0.6) is 0 Å². The number of aromatic nitrogens is 3. The van der Waals surface area contributed by atoms with Crippen LogP contribution in [0.15, 0.2) is 24.3 Å². The normalized spacial score (nSPS) is 16.5. The van der Waals surface area contributed by atoms with E-state index in [1.54, 1.807) is 4.68 Å². The fraction of sp³-hybridized carbons (Fsp3) is 0.526. The van der Waals surface area contributed by atoms with Crippen LogP contribution in [0.3, 0.4) is 0 Å². The number of carbonyl (C=O) groups is 1. The van der Waals surface area contributed by atoms with E-state index < -0.39 is 0 Å². The molecule has 1 aromatic heterocycles. The Morgan fingerprint density at radius 1 is 1.38 bits per heavy atom. The predicted molar refractivity (Wildman–Crippen MR) is 105 cm³/mol. The smallest absolute Gasteiger partial charge is 0.290 e. The predicted octanol–water partition coefficient (Wildman–Crippen LogP) is 2.85. The zero-order chi connectivity index (χ0) is 17.8. The van der Waals surface area contributed by atoms with E-state index in [4.69, 9.17) is 0 Å². The van der Waals surface area contributed by atoms with Crippen molar-refractivity contribution in [3.63, 3.8) is 0 Å². The lowest BCUT2D eigenvalue weighted by Gasteiger charge is -2.12. The number of hydrogen-bond acceptors (Lipinski definition) is 4. The minimum absolute atomic E-state index is 0. The first-order valence-electron chi connectivity index (χ1n) is 9.08. The highest BCUT2D eigenvalue weighted by molar-refractivity contribution is 5.90. The number of aryl methyl sites for hydroxylation is 1. The molecule has 1 amide bonds. The Morgan fingerprint density at radius 3 is 2.85 bits per heavy atom. The molecule has 2 heterocycles. The van der Waals surface area contributed by atoms with E-state index in [2.05, 4.69) is 40.6 Å². The van der Waals surface area contributed by atoms with Crippen molar-refractivity contribution in [2.75, 3.05) is 19.6 Å². The standard InChI is InChI=1S/C19H27N5O.ClH/c1-13(2)16-6-4-5-7-17(16)24-14(3)22-18(23-24)19(25)21-11-9-15-8-10-20-12-15;/h4-7,13,15,20H,8-12H2,1-3H3,(H,21,25);1H. The van der Waals surface area contributed by atoms with Gasteiger partial charge < -0.3 is 10.6 Å². The largest absolute Gasteiger partial charge is 0.349 e. The van der Waals surface area contributed by atoms with Crippen LogP contribution in [0.2, 0.25) is 0 Å². The fourth-order valence-electron chi connectivity index (χ4n) is 3.31. The third-order valence-corrected chi connectivity index (χ3v) is 4.76. The van der Waals surface area contributed by atoms with Gasteiger partial charge in [0.2, 0.25) is 5.82 Å². The molecule has 1 saturated heterocycles. The molecule has 2 N–H and O–H groups in total. The molecule has 1 aromatic carbocycles. The summed E-state index contributed by atoms with van der Waals surface area (Å²) in [7, 11) is 0. The summed E-state index contributed by atoms with van der Waals surface area (Å²) in [6.45, 7) is 8.98. The Balaban J connectivity index is 0.00000243. The molecular weight excluding hydrogens is 350 g/mol. The van der Waals surface area contributed by atoms with Crippen molar-refractivity contribution < 1.29 is 4.79 Å². The Kier molecular flexibility index (Phi) is 7.17. The number of benzene rings is 1. The van der Waals surface area contributed by atoms with E-state index in [1.807, 2.05) is 25.1 Å². The minimum Gasteiger partial charge on any atom is -0.349 e. The molecule has 26 heavy (non-hydrogen) atoms. The highest BCUT2D eigenvalue weighted by Gasteiger charge is 2.18. The van der Waals surface area contributed by atoms with Crippen LogP contribution in [0.1, 0.15) is 54.6 Å². The van der Waals surface area contributed by atoms with E-state index in [-0.39, 0.29) is 24.1 Å². The minimum atomic E-state index is -0.199. The topological polar surface area (TPSA) is 71.8 Å². The molecule has 0 bridgehead atoms. The lowest BCUT2D eigenvalue weighted by atomic mass is 10.0. The highest BCUT2D eigenvalue weighted by atomic mass is 35.5. The van der Waals surface area contributed by atoms with Crippen molar-refractivity contribution >= 4 is 18.3 Å². The summed E-state index contributed by atoms with van der Waals surface area (Å²) in [6, 6.07) is 8.12. The van der Waals surface area contributed by atoms with Crippen LogP contribution >= 0.6 is 12.4 Å². The summed E-state index contributed by atoms with van der Waals surface area (Å²) in [5.41, 5.74) is 2.18. The maximum absolute atomic E-state index is 12.4. The molecule has 0 saturated carbocycles. The fourth-order valence-corrected chi connectivity index (χ4v) is 3.31. The Hall–Kier alpha value is -1.92. The van der Waals surface area contributed by atoms with Crippen molar-refractivity contribution in [1.29, 1.82) is 0 Å². The Morgan fingerprint density at radius 2 is 2.15 bits per heavy atom. The second kappa shape index (κ2) is 9.14. The first-order chi connectivity index (χ1) is 12.1. The SMILES string of the molecule is Cc1nc(C(=O)NCCC2CCNC2)nn1-c1ccccc1C(C)C.Cl. The van der Waals surface area contributed by atoms with Crippen molar-refractivity contribution in [2.45, 2.75) is 39.5 Å². The van der Waals surface area contributed by atoms with Gasteiger partial charge in [-0.25, -0.2) is 9.67 Å². The van der Waals surface area contributed by atoms with Crippen LogP contribution < -0.4 is 10.6 Å². The molecule has 0 spiro atoms. The molecule has 1 aliphatic heterocycles. The van der Waals surface area contributed by atoms with Crippen LogP contribution in [0, 0.1) is 12.8 Å². The zero-order valence-electron chi connectivity index (χ0n) is 15.7. The van der Waals surface area contributed by atoms with Gasteiger partial charge in [-0.15, -0.1) is 17.5 Å². The molecule has 1 aliphatic rings. The number of nitrogens with zero attached hydrogens (tertiary/aromatic N) is 3. The van der Waals surface area contributed by atoms with Gasteiger partial charge in [0.25, 0.3) is 5.91 Å². The summed E-state index contributed by atoms with van der Waals surface area (Å²) in [6.07, 6.45) is 2.18. The first-order valence-corrected chi connectivity index (χ1v) is 9.08. The number of rotatable bonds is 6. The number of hydrogen-bond donors (Lipinski definition) is 2. The van der Waals surface area contributed by atoms with E-state index in [9.17, 15) is 4.79 Å². The van der Waals surface area contributed by atoms with Crippen LogP contribution in [0.4, 0.5) is 0 Å². The Labute approximate surface area is 161 Å². The van der Waals surface area contributed by atoms with Gasteiger partial charge in [0.05, 0.1) is 5.69 Å². The molecule has 7 heteroatoms. The van der Waals surface area contributed by atoms with Crippen LogP contribution in [-0.4, -0.2) is 40.3 Å². The summed E-state index contributed by atoms with van der Waals surface area (Å²) >= 11 is 0. The van der Waals surface area contributed by atoms with E-state index in [1.165, 1.54) is 12.0 Å². The summed E-state index contributed by atoms with van der Waals surface area (Å²) in [5.74, 6) is 1.79. The third kappa shape index (κ3) is 4.62. The van der Waals surface area contributed by atoms with Gasteiger partial charge in [-0.1, -0.05) is 32.0 Å². The van der Waals surface area contributed by atoms with Crippen molar-refractivity contribution in [3.8, 4) is 5.69 Å². The maximum atomic E-state index is 12.4. The molecule has 142 valence electrons. The number of halogens is 1. The Bertz CT molecular complexity index is 737. The number of carbonyl (C=O) groups excluding carboxylic acids is 1. The molecule has 1 fully saturated rings. The van der Waals surface area contributed by atoms with Gasteiger partial charge >= 0.3 is 0 Å². The molecular formula is C19H28ClN5O. The first kappa shape index (κ1) is 20.4. The van der Waals surface area contributed by atoms with Crippen molar-refractivity contribution in [2.24, 2.45) is 5.92 Å². The lowest BCUT2D eigenvalue weighted by molar-refractivity contribution is 0.0941. The summed E-state index contributed by atoms with van der Waals surface area (Å²) in [5, 5.41) is 10.7. The lowest BCUT2D eigenvalue weighted by Crippen LogP contribution is -2.27. The molecule has 0 radical (unpaired) electrons. The summed E-state index contributed by atoms with van der Waals surface area (Å²) < 4.78 is 1.77. The molecule has 1 atom stereocenters. The second-order valence-corrected chi connectivity index (χ2v) is 7.01. The monoisotopic (exact) mass is 377 g/mol. The van der Waals surface area contributed by atoms with Gasteiger partial charge in [0.15, 0.2) is 0 Å². The van der Waals surface area contributed by atoms with Gasteiger partial charge in [-0.2, -0.15) is 0 Å². The molecule has 1 unspecified atom stereocenters. The average molecular weight is 378 g/mol. The zero-order valence-corrected chi connectivity index (χ0v) is 16.5. The van der Waals surface area contributed by atoms with E-state index in [0.717, 1.165) is 31.0 Å². The van der Waals surface area contributed by atoms with Crippen molar-refractivity contribution in [3.05, 3.63) is 41.5 Å². The van der Waals surface area contributed by atoms with Crippen LogP contribution in [0.25, 0.3) is 5.69 Å². The van der Waals surface area contributed by atoms with E-state index >= 15 is 0 Å². The van der Waals surface area contributed by atoms with Crippen LogP contribution in [-0.2, 0) is 0 Å². The number of nitrogens with one attached hydrogen (secondary N) is 2. The molecule has 3 rings (SSSR count). The van der Waals surface area contributed by atoms with Gasteiger partial charge in [-0.05, 0) is 56.3 Å². The van der Waals surface area contributed by atoms with Crippen molar-refractivity contribution in [1.82, 2.24) is 25.4 Å². The van der Waals surface area contributed by atoms with E-state index in [0.29, 0.717) is 18.4 Å². The van der Waals surface area contributed by atoms with Gasteiger partial charge in [0, 0.05) is 6.54 Å².